The zero-order chi connectivity index (χ0) is 13.7. The molecule has 1 heterocycles. The Bertz CT molecular complexity index is 376. The third-order valence-electron chi connectivity index (χ3n) is 3.67. The van der Waals surface area contributed by atoms with Crippen LogP contribution in [0.1, 0.15) is 24.9 Å². The first kappa shape index (κ1) is 15.0. The van der Waals surface area contributed by atoms with E-state index in [-0.39, 0.29) is 0 Å². The summed E-state index contributed by atoms with van der Waals surface area (Å²) in [5.41, 5.74) is 1.37. The van der Waals surface area contributed by atoms with Crippen LogP contribution in [-0.4, -0.2) is 44.3 Å². The van der Waals surface area contributed by atoms with Crippen LogP contribution in [0.15, 0.2) is 28.7 Å². The summed E-state index contributed by atoms with van der Waals surface area (Å²) in [6.45, 7) is 5.98. The van der Waals surface area contributed by atoms with E-state index in [1.54, 1.807) is 0 Å². The second-order valence-corrected chi connectivity index (χ2v) is 6.03. The molecule has 0 amide bonds. The molecule has 1 aromatic rings. The summed E-state index contributed by atoms with van der Waals surface area (Å²) in [7, 11) is 2.19. The van der Waals surface area contributed by atoms with E-state index >= 15 is 0 Å². The predicted molar refractivity (Wildman–Crippen MR) is 82.4 cm³/mol. The summed E-state index contributed by atoms with van der Waals surface area (Å²) >= 11 is 3.49. The van der Waals surface area contributed by atoms with E-state index < -0.39 is 0 Å². The SMILES string of the molecule is CCC(c1ccc(Br)cc1)N(C)CC1CNCCO1. The van der Waals surface area contributed by atoms with Crippen molar-refractivity contribution in [1.29, 1.82) is 0 Å². The van der Waals surface area contributed by atoms with Gasteiger partial charge in [-0.25, -0.2) is 0 Å². The van der Waals surface area contributed by atoms with Crippen LogP contribution in [0, 0.1) is 0 Å². The van der Waals surface area contributed by atoms with Crippen molar-refractivity contribution in [2.75, 3.05) is 33.3 Å². The van der Waals surface area contributed by atoms with Crippen molar-refractivity contribution >= 4 is 15.9 Å². The number of nitrogens with one attached hydrogen (secondary N) is 1. The van der Waals surface area contributed by atoms with Gasteiger partial charge >= 0.3 is 0 Å². The molecule has 2 unspecified atom stereocenters. The molecule has 0 bridgehead atoms. The van der Waals surface area contributed by atoms with E-state index in [1.807, 2.05) is 0 Å². The normalized spacial score (nSPS) is 21.6. The average Bonchev–Trinajstić information content (AvgIpc) is 2.43. The lowest BCUT2D eigenvalue weighted by molar-refractivity contribution is 0.00227. The van der Waals surface area contributed by atoms with Crippen molar-refractivity contribution in [3.63, 3.8) is 0 Å². The Morgan fingerprint density at radius 1 is 1.42 bits per heavy atom. The number of morpholine rings is 1. The lowest BCUT2D eigenvalue weighted by atomic mass is 10.0. The second kappa shape index (κ2) is 7.39. The van der Waals surface area contributed by atoms with E-state index in [4.69, 9.17) is 4.74 Å². The quantitative estimate of drug-likeness (QED) is 0.900. The maximum absolute atomic E-state index is 5.79. The Balaban J connectivity index is 1.97. The van der Waals surface area contributed by atoms with Gasteiger partial charge in [0.1, 0.15) is 0 Å². The number of rotatable bonds is 5. The molecule has 3 nitrogen and oxygen atoms in total. The fourth-order valence-electron chi connectivity index (χ4n) is 2.67. The number of halogens is 1. The Kier molecular flexibility index (Phi) is 5.82. The zero-order valence-corrected chi connectivity index (χ0v) is 13.3. The van der Waals surface area contributed by atoms with Gasteiger partial charge in [0.15, 0.2) is 0 Å². The zero-order valence-electron chi connectivity index (χ0n) is 11.7. The first-order valence-electron chi connectivity index (χ1n) is 6.98. The molecule has 1 aliphatic rings. The fourth-order valence-corrected chi connectivity index (χ4v) is 2.94. The minimum Gasteiger partial charge on any atom is -0.374 e. The van der Waals surface area contributed by atoms with Crippen LogP contribution in [0.25, 0.3) is 0 Å². The van der Waals surface area contributed by atoms with Gasteiger partial charge in [0.25, 0.3) is 0 Å². The van der Waals surface area contributed by atoms with Crippen LogP contribution in [-0.2, 0) is 4.74 Å². The highest BCUT2D eigenvalue weighted by atomic mass is 79.9. The molecule has 106 valence electrons. The number of hydrogen-bond acceptors (Lipinski definition) is 3. The highest BCUT2D eigenvalue weighted by Gasteiger charge is 2.21. The molecule has 0 saturated carbocycles. The summed E-state index contributed by atoms with van der Waals surface area (Å²) in [6.07, 6.45) is 1.42. The summed E-state index contributed by atoms with van der Waals surface area (Å²) in [5.74, 6) is 0. The molecule has 1 saturated heterocycles. The first-order chi connectivity index (χ1) is 9.20. The Morgan fingerprint density at radius 3 is 2.74 bits per heavy atom. The minimum absolute atomic E-state index is 0.309. The number of ether oxygens (including phenoxy) is 1. The molecule has 1 fully saturated rings. The van der Waals surface area contributed by atoms with Crippen molar-refractivity contribution in [1.82, 2.24) is 10.2 Å². The Labute approximate surface area is 124 Å². The number of hydrogen-bond donors (Lipinski definition) is 1. The number of nitrogens with zero attached hydrogens (tertiary/aromatic N) is 1. The maximum Gasteiger partial charge on any atom is 0.0826 e. The highest BCUT2D eigenvalue weighted by molar-refractivity contribution is 9.10. The number of benzene rings is 1. The number of likely N-dealkylation sites (N-methyl/N-ethyl adjacent to an activating group) is 1. The third-order valence-corrected chi connectivity index (χ3v) is 4.20. The molecule has 0 aromatic heterocycles. The molecule has 19 heavy (non-hydrogen) atoms. The first-order valence-corrected chi connectivity index (χ1v) is 7.78. The van der Waals surface area contributed by atoms with Crippen LogP contribution < -0.4 is 5.32 Å². The van der Waals surface area contributed by atoms with Crippen molar-refractivity contribution in [2.45, 2.75) is 25.5 Å². The van der Waals surface area contributed by atoms with Gasteiger partial charge in [-0.2, -0.15) is 0 Å². The van der Waals surface area contributed by atoms with E-state index in [0.717, 1.165) is 37.1 Å². The van der Waals surface area contributed by atoms with Gasteiger partial charge in [-0.15, -0.1) is 0 Å². The second-order valence-electron chi connectivity index (χ2n) is 5.11. The molecule has 1 aliphatic heterocycles. The molecule has 2 rings (SSSR count). The van der Waals surface area contributed by atoms with Crippen LogP contribution in [0.3, 0.4) is 0 Å². The van der Waals surface area contributed by atoms with Gasteiger partial charge in [-0.05, 0) is 31.2 Å². The topological polar surface area (TPSA) is 24.5 Å². The molecule has 4 heteroatoms. The molecule has 0 radical (unpaired) electrons. The summed E-state index contributed by atoms with van der Waals surface area (Å²) < 4.78 is 6.92. The molecule has 1 N–H and O–H groups in total. The van der Waals surface area contributed by atoms with E-state index in [9.17, 15) is 0 Å². The molecular weight excluding hydrogens is 304 g/mol. The van der Waals surface area contributed by atoms with Gasteiger partial charge in [-0.1, -0.05) is 35.0 Å². The van der Waals surface area contributed by atoms with Gasteiger partial charge in [0.2, 0.25) is 0 Å². The Morgan fingerprint density at radius 2 is 2.16 bits per heavy atom. The summed E-state index contributed by atoms with van der Waals surface area (Å²) in [4.78, 5) is 2.40. The lowest BCUT2D eigenvalue weighted by Gasteiger charge is -2.33. The molecule has 1 aromatic carbocycles. The largest absolute Gasteiger partial charge is 0.374 e. The van der Waals surface area contributed by atoms with Crippen molar-refractivity contribution in [3.8, 4) is 0 Å². The van der Waals surface area contributed by atoms with Crippen LogP contribution >= 0.6 is 15.9 Å². The van der Waals surface area contributed by atoms with Gasteiger partial charge in [0.05, 0.1) is 12.7 Å². The summed E-state index contributed by atoms with van der Waals surface area (Å²) in [6, 6.07) is 9.09. The van der Waals surface area contributed by atoms with E-state index in [0.29, 0.717) is 12.1 Å². The molecular formula is C15H23BrN2O. The highest BCUT2D eigenvalue weighted by Crippen LogP contribution is 2.24. The maximum atomic E-state index is 5.79. The van der Waals surface area contributed by atoms with Gasteiger partial charge in [0, 0.05) is 30.1 Å². The molecule has 0 spiro atoms. The molecule has 2 atom stereocenters. The summed E-state index contributed by atoms with van der Waals surface area (Å²) in [5, 5.41) is 3.39. The van der Waals surface area contributed by atoms with Crippen molar-refractivity contribution in [2.24, 2.45) is 0 Å². The van der Waals surface area contributed by atoms with Crippen LogP contribution in [0.4, 0.5) is 0 Å². The predicted octanol–water partition coefficient (Wildman–Crippen LogP) is 2.82. The monoisotopic (exact) mass is 326 g/mol. The van der Waals surface area contributed by atoms with Gasteiger partial charge < -0.3 is 10.1 Å². The smallest absolute Gasteiger partial charge is 0.0826 e. The van der Waals surface area contributed by atoms with Crippen LogP contribution in [0.5, 0.6) is 0 Å². The fraction of sp³-hybridized carbons (Fsp3) is 0.600. The molecule has 0 aliphatic carbocycles. The van der Waals surface area contributed by atoms with Crippen LogP contribution in [0.2, 0.25) is 0 Å². The van der Waals surface area contributed by atoms with Crippen molar-refractivity contribution in [3.05, 3.63) is 34.3 Å². The van der Waals surface area contributed by atoms with Gasteiger partial charge in [-0.3, -0.25) is 4.90 Å². The van der Waals surface area contributed by atoms with Crippen molar-refractivity contribution < 1.29 is 4.74 Å². The average molecular weight is 327 g/mol. The Hall–Kier alpha value is -0.420. The van der Waals surface area contributed by atoms with E-state index in [2.05, 4.69) is 64.4 Å². The minimum atomic E-state index is 0.309. The lowest BCUT2D eigenvalue weighted by Crippen LogP contribution is -2.45. The standard InChI is InChI=1S/C15H23BrN2O/c1-3-15(12-4-6-13(16)7-5-12)18(2)11-14-10-17-8-9-19-14/h4-7,14-15,17H,3,8-11H2,1-2H3. The van der Waals surface area contributed by atoms with E-state index in [1.165, 1.54) is 5.56 Å². The third kappa shape index (κ3) is 4.28.